The van der Waals surface area contributed by atoms with E-state index in [1.165, 1.54) is 0 Å². The molecule has 0 fully saturated rings. The van der Waals surface area contributed by atoms with Crippen molar-refractivity contribution in [2.75, 3.05) is 6.61 Å². The number of furan rings is 1. The third-order valence-corrected chi connectivity index (χ3v) is 1.24. The van der Waals surface area contributed by atoms with Crippen LogP contribution < -0.4 is 0 Å². The molecule has 3 heteroatoms. The lowest BCUT2D eigenvalue weighted by atomic mass is 10.4. The van der Waals surface area contributed by atoms with Crippen molar-refractivity contribution in [3.05, 3.63) is 30.2 Å². The minimum absolute atomic E-state index is 0.147. The van der Waals surface area contributed by atoms with Crippen LogP contribution >= 0.6 is 0 Å². The monoisotopic (exact) mass is 165 g/mol. The third kappa shape index (κ3) is 2.62. The van der Waals surface area contributed by atoms with Gasteiger partial charge in [-0.15, -0.1) is 0 Å². The Morgan fingerprint density at radius 1 is 1.75 bits per heavy atom. The van der Waals surface area contributed by atoms with E-state index < -0.39 is 0 Å². The molecule has 0 saturated heterocycles. The van der Waals surface area contributed by atoms with Crippen molar-refractivity contribution < 1.29 is 9.15 Å². The summed E-state index contributed by atoms with van der Waals surface area (Å²) in [7, 11) is 0. The molecule has 0 aromatic carbocycles. The predicted molar refractivity (Wildman–Crippen MR) is 47.1 cm³/mol. The maximum Gasteiger partial charge on any atom is 0.205 e. The van der Waals surface area contributed by atoms with Crippen LogP contribution in [0.15, 0.2) is 28.9 Å². The smallest absolute Gasteiger partial charge is 0.205 e. The number of hydrogen-bond donors (Lipinski definition) is 1. The van der Waals surface area contributed by atoms with E-state index in [0.29, 0.717) is 6.61 Å². The van der Waals surface area contributed by atoms with Crippen LogP contribution in [0.4, 0.5) is 0 Å². The van der Waals surface area contributed by atoms with Gasteiger partial charge in [0, 0.05) is 6.08 Å². The van der Waals surface area contributed by atoms with Gasteiger partial charge in [0.15, 0.2) is 0 Å². The van der Waals surface area contributed by atoms with Crippen molar-refractivity contribution in [2.45, 2.75) is 6.92 Å². The minimum atomic E-state index is 0.147. The molecule has 0 aliphatic heterocycles. The molecule has 64 valence electrons. The van der Waals surface area contributed by atoms with Gasteiger partial charge in [0.2, 0.25) is 5.90 Å². The summed E-state index contributed by atoms with van der Waals surface area (Å²) in [6, 6.07) is 3.61. The van der Waals surface area contributed by atoms with E-state index in [1.807, 2.05) is 13.0 Å². The van der Waals surface area contributed by atoms with Crippen molar-refractivity contribution in [1.82, 2.24) is 0 Å². The van der Waals surface area contributed by atoms with E-state index in [4.69, 9.17) is 14.6 Å². The number of rotatable bonds is 3. The summed E-state index contributed by atoms with van der Waals surface area (Å²) in [6.45, 7) is 2.36. The third-order valence-electron chi connectivity index (χ3n) is 1.24. The van der Waals surface area contributed by atoms with Crippen LogP contribution in [0.1, 0.15) is 12.7 Å². The highest BCUT2D eigenvalue weighted by atomic mass is 16.5. The van der Waals surface area contributed by atoms with Crippen molar-refractivity contribution in [2.24, 2.45) is 0 Å². The molecule has 0 unspecified atom stereocenters. The highest BCUT2D eigenvalue weighted by Crippen LogP contribution is 2.02. The Morgan fingerprint density at radius 3 is 3.17 bits per heavy atom. The highest BCUT2D eigenvalue weighted by molar-refractivity contribution is 5.88. The van der Waals surface area contributed by atoms with Crippen LogP contribution in [0.5, 0.6) is 0 Å². The van der Waals surface area contributed by atoms with Crippen LogP contribution in [0.25, 0.3) is 6.08 Å². The lowest BCUT2D eigenvalue weighted by molar-refractivity contribution is 0.327. The summed E-state index contributed by atoms with van der Waals surface area (Å²) in [4.78, 5) is 0. The second-order valence-electron chi connectivity index (χ2n) is 2.15. The first-order valence-corrected chi connectivity index (χ1v) is 3.76. The molecule has 1 N–H and O–H groups in total. The van der Waals surface area contributed by atoms with Gasteiger partial charge in [-0.05, 0) is 25.1 Å². The lowest BCUT2D eigenvalue weighted by Gasteiger charge is -1.96. The molecule has 0 radical (unpaired) electrons. The first-order chi connectivity index (χ1) is 5.83. The summed E-state index contributed by atoms with van der Waals surface area (Å²) in [6.07, 6.45) is 4.84. The van der Waals surface area contributed by atoms with Gasteiger partial charge in [-0.2, -0.15) is 0 Å². The standard InChI is InChI=1S/C9H11NO2/c1-2-11-9(10)6-5-8-4-3-7-12-8/h3-7,10H,2H2,1H3. The summed E-state index contributed by atoms with van der Waals surface area (Å²) in [5.74, 6) is 0.869. The molecule has 1 heterocycles. The van der Waals surface area contributed by atoms with E-state index in [0.717, 1.165) is 5.76 Å². The summed E-state index contributed by atoms with van der Waals surface area (Å²) >= 11 is 0. The second kappa shape index (κ2) is 4.38. The fourth-order valence-corrected chi connectivity index (χ4v) is 0.748. The van der Waals surface area contributed by atoms with Gasteiger partial charge in [-0.1, -0.05) is 0 Å². The zero-order valence-corrected chi connectivity index (χ0v) is 6.91. The maximum absolute atomic E-state index is 7.24. The van der Waals surface area contributed by atoms with E-state index in [1.54, 1.807) is 24.5 Å². The maximum atomic E-state index is 7.24. The molecule has 1 rings (SSSR count). The van der Waals surface area contributed by atoms with Gasteiger partial charge in [-0.25, -0.2) is 0 Å². The normalized spacial score (nSPS) is 10.4. The van der Waals surface area contributed by atoms with Gasteiger partial charge < -0.3 is 9.15 Å². The van der Waals surface area contributed by atoms with Gasteiger partial charge in [0.25, 0.3) is 0 Å². The molecule has 1 aromatic rings. The van der Waals surface area contributed by atoms with Gasteiger partial charge in [0.1, 0.15) is 5.76 Å². The Kier molecular flexibility index (Phi) is 3.14. The zero-order chi connectivity index (χ0) is 8.81. The molecule has 0 atom stereocenters. The Bertz CT molecular complexity index is 262. The molecule has 12 heavy (non-hydrogen) atoms. The quantitative estimate of drug-likeness (QED) is 0.551. The SMILES string of the molecule is CCOC(=N)C=Cc1ccco1. The summed E-state index contributed by atoms with van der Waals surface area (Å²) in [5, 5.41) is 7.24. The Morgan fingerprint density at radius 2 is 2.58 bits per heavy atom. The molecule has 0 aliphatic rings. The topological polar surface area (TPSA) is 46.2 Å². The fraction of sp³-hybridized carbons (Fsp3) is 0.222. The summed E-state index contributed by atoms with van der Waals surface area (Å²) < 4.78 is 9.92. The molecule has 0 bridgehead atoms. The van der Waals surface area contributed by atoms with Crippen LogP contribution in [-0.4, -0.2) is 12.5 Å². The number of ether oxygens (including phenoxy) is 1. The van der Waals surface area contributed by atoms with Gasteiger partial charge in [-0.3, -0.25) is 5.41 Å². The average molecular weight is 165 g/mol. The van der Waals surface area contributed by atoms with Crippen molar-refractivity contribution in [3.8, 4) is 0 Å². The molecule has 0 saturated carbocycles. The molecule has 0 aliphatic carbocycles. The molecular weight excluding hydrogens is 154 g/mol. The number of hydrogen-bond acceptors (Lipinski definition) is 3. The fourth-order valence-electron chi connectivity index (χ4n) is 0.748. The van der Waals surface area contributed by atoms with Crippen LogP contribution in [0.2, 0.25) is 0 Å². The Hall–Kier alpha value is -1.51. The van der Waals surface area contributed by atoms with E-state index in [9.17, 15) is 0 Å². The first kappa shape index (κ1) is 8.59. The Balaban J connectivity index is 2.45. The van der Waals surface area contributed by atoms with Crippen molar-refractivity contribution >= 4 is 12.0 Å². The van der Waals surface area contributed by atoms with Crippen molar-refractivity contribution in [1.29, 1.82) is 5.41 Å². The molecule has 3 nitrogen and oxygen atoms in total. The van der Waals surface area contributed by atoms with Crippen LogP contribution in [0.3, 0.4) is 0 Å². The number of nitrogens with one attached hydrogen (secondary N) is 1. The lowest BCUT2D eigenvalue weighted by Crippen LogP contribution is -1.97. The molecule has 0 spiro atoms. The van der Waals surface area contributed by atoms with Gasteiger partial charge >= 0.3 is 0 Å². The average Bonchev–Trinajstić information content (AvgIpc) is 2.53. The van der Waals surface area contributed by atoms with Crippen molar-refractivity contribution in [3.63, 3.8) is 0 Å². The predicted octanol–water partition coefficient (Wildman–Crippen LogP) is 2.31. The minimum Gasteiger partial charge on any atom is -0.478 e. The largest absolute Gasteiger partial charge is 0.478 e. The molecular formula is C9H11NO2. The van der Waals surface area contributed by atoms with Crippen LogP contribution in [-0.2, 0) is 4.74 Å². The highest BCUT2D eigenvalue weighted by Gasteiger charge is 1.90. The van der Waals surface area contributed by atoms with Gasteiger partial charge in [0.05, 0.1) is 12.9 Å². The molecule has 1 aromatic heterocycles. The van der Waals surface area contributed by atoms with E-state index >= 15 is 0 Å². The van der Waals surface area contributed by atoms with E-state index in [-0.39, 0.29) is 5.90 Å². The second-order valence-corrected chi connectivity index (χ2v) is 2.15. The summed E-state index contributed by atoms with van der Waals surface area (Å²) in [5.41, 5.74) is 0. The first-order valence-electron chi connectivity index (χ1n) is 3.76. The van der Waals surface area contributed by atoms with Crippen LogP contribution in [0, 0.1) is 5.41 Å². The van der Waals surface area contributed by atoms with E-state index in [2.05, 4.69) is 0 Å². The Labute approximate surface area is 71.2 Å². The molecule has 0 amide bonds. The zero-order valence-electron chi connectivity index (χ0n) is 6.91.